The van der Waals surface area contributed by atoms with Gasteiger partial charge in [-0.25, -0.2) is 0 Å². The molecule has 1 aromatic carbocycles. The predicted octanol–water partition coefficient (Wildman–Crippen LogP) is 1.83. The number of nitrogens with one attached hydrogen (secondary N) is 1. The molecule has 1 aromatic rings. The average molecular weight is 258 g/mol. The van der Waals surface area contributed by atoms with Gasteiger partial charge in [-0.15, -0.1) is 0 Å². The number of halogens is 1. The number of phenolic OH excluding ortho intramolecular Hbond substituents is 1. The minimum atomic E-state index is -0.167. The van der Waals surface area contributed by atoms with E-state index in [1.807, 2.05) is 0 Å². The number of hydrogen-bond acceptors (Lipinski definition) is 2. The van der Waals surface area contributed by atoms with Crippen LogP contribution in [0, 0.1) is 6.92 Å². The van der Waals surface area contributed by atoms with E-state index in [9.17, 15) is 9.90 Å². The van der Waals surface area contributed by atoms with Crippen molar-refractivity contribution in [2.75, 3.05) is 11.9 Å². The lowest BCUT2D eigenvalue weighted by Gasteiger charge is -2.04. The molecule has 1 rings (SSSR count). The molecule has 0 saturated heterocycles. The number of phenols is 1. The number of rotatable bonds is 3. The van der Waals surface area contributed by atoms with Crippen molar-refractivity contribution in [3.05, 3.63) is 29.3 Å². The molecular weight excluding hydrogens is 246 g/mol. The number of amides is 1. The van der Waals surface area contributed by atoms with Crippen molar-refractivity contribution < 1.29 is 9.90 Å². The Morgan fingerprint density at radius 2 is 2.29 bits per heavy atom. The van der Waals surface area contributed by atoms with Crippen molar-refractivity contribution in [1.29, 1.82) is 0 Å². The van der Waals surface area contributed by atoms with Gasteiger partial charge in [0.25, 0.3) is 5.91 Å². The van der Waals surface area contributed by atoms with Crippen LogP contribution >= 0.6 is 15.9 Å². The third-order valence-corrected chi connectivity index (χ3v) is 2.25. The number of aromatic hydroxyl groups is 1. The van der Waals surface area contributed by atoms with Crippen LogP contribution in [0.25, 0.3) is 0 Å². The van der Waals surface area contributed by atoms with Gasteiger partial charge in [0.1, 0.15) is 5.75 Å². The minimum Gasteiger partial charge on any atom is -0.508 e. The zero-order valence-electron chi connectivity index (χ0n) is 7.88. The molecule has 0 aliphatic heterocycles. The van der Waals surface area contributed by atoms with E-state index in [2.05, 4.69) is 21.2 Å². The lowest BCUT2D eigenvalue weighted by atomic mass is 10.1. The summed E-state index contributed by atoms with van der Waals surface area (Å²) >= 11 is 3.21. The smallest absolute Gasteiger partial charge is 0.251 e. The second-order valence-electron chi connectivity index (χ2n) is 2.95. The summed E-state index contributed by atoms with van der Waals surface area (Å²) in [5.41, 5.74) is 1.25. The van der Waals surface area contributed by atoms with E-state index in [1.165, 1.54) is 6.07 Å². The molecule has 0 radical (unpaired) electrons. The highest BCUT2D eigenvalue weighted by atomic mass is 79.9. The van der Waals surface area contributed by atoms with Gasteiger partial charge < -0.3 is 10.4 Å². The fourth-order valence-electron chi connectivity index (χ4n) is 1.01. The van der Waals surface area contributed by atoms with Crippen LogP contribution in [-0.4, -0.2) is 22.9 Å². The number of carbonyl (C=O) groups is 1. The molecule has 0 atom stereocenters. The van der Waals surface area contributed by atoms with Gasteiger partial charge >= 0.3 is 0 Å². The maximum atomic E-state index is 11.4. The Balaban J connectivity index is 2.76. The molecule has 3 nitrogen and oxygen atoms in total. The van der Waals surface area contributed by atoms with Gasteiger partial charge in [0.2, 0.25) is 0 Å². The zero-order chi connectivity index (χ0) is 10.6. The van der Waals surface area contributed by atoms with Crippen LogP contribution < -0.4 is 5.32 Å². The molecule has 0 aliphatic rings. The number of benzene rings is 1. The van der Waals surface area contributed by atoms with E-state index in [0.29, 0.717) is 12.1 Å². The minimum absolute atomic E-state index is 0.150. The van der Waals surface area contributed by atoms with Crippen molar-refractivity contribution >= 4 is 21.8 Å². The number of alkyl halides is 1. The summed E-state index contributed by atoms with van der Waals surface area (Å²) in [5.74, 6) is -0.0174. The first-order valence-electron chi connectivity index (χ1n) is 4.29. The first kappa shape index (κ1) is 11.0. The predicted molar refractivity (Wildman–Crippen MR) is 59.0 cm³/mol. The highest BCUT2D eigenvalue weighted by molar-refractivity contribution is 9.09. The summed E-state index contributed by atoms with van der Waals surface area (Å²) in [6.45, 7) is 2.36. The molecule has 14 heavy (non-hydrogen) atoms. The van der Waals surface area contributed by atoms with Crippen LogP contribution in [-0.2, 0) is 0 Å². The van der Waals surface area contributed by atoms with Gasteiger partial charge in [0.05, 0.1) is 0 Å². The van der Waals surface area contributed by atoms with Crippen LogP contribution in [0.15, 0.2) is 18.2 Å². The molecule has 0 bridgehead atoms. The van der Waals surface area contributed by atoms with E-state index < -0.39 is 0 Å². The highest BCUT2D eigenvalue weighted by Gasteiger charge is 2.06. The number of hydrogen-bond donors (Lipinski definition) is 2. The second-order valence-corrected chi connectivity index (χ2v) is 3.74. The standard InChI is InChI=1S/C10H12BrNO2/c1-7-2-3-8(6-9(7)13)10(14)12-5-4-11/h2-3,6,13H,4-5H2,1H3,(H,12,14). The van der Waals surface area contributed by atoms with Crippen molar-refractivity contribution in [3.8, 4) is 5.75 Å². The van der Waals surface area contributed by atoms with Gasteiger partial charge in [-0.05, 0) is 24.6 Å². The Kier molecular flexibility index (Phi) is 3.95. The van der Waals surface area contributed by atoms with E-state index in [0.717, 1.165) is 10.9 Å². The third kappa shape index (κ3) is 2.73. The van der Waals surface area contributed by atoms with Crippen molar-refractivity contribution in [2.45, 2.75) is 6.92 Å². The highest BCUT2D eigenvalue weighted by Crippen LogP contribution is 2.17. The fourth-order valence-corrected chi connectivity index (χ4v) is 1.21. The fraction of sp³-hybridized carbons (Fsp3) is 0.300. The molecule has 0 aliphatic carbocycles. The lowest BCUT2D eigenvalue weighted by molar-refractivity contribution is 0.0956. The van der Waals surface area contributed by atoms with Crippen LogP contribution in [0.2, 0.25) is 0 Å². The normalized spacial score (nSPS) is 9.86. The van der Waals surface area contributed by atoms with Gasteiger partial charge in [-0.1, -0.05) is 22.0 Å². The summed E-state index contributed by atoms with van der Waals surface area (Å²) in [5, 5.41) is 12.8. The van der Waals surface area contributed by atoms with E-state index in [1.54, 1.807) is 19.1 Å². The molecule has 0 unspecified atom stereocenters. The molecule has 0 heterocycles. The van der Waals surface area contributed by atoms with Gasteiger partial charge in [-0.2, -0.15) is 0 Å². The lowest BCUT2D eigenvalue weighted by Crippen LogP contribution is -2.25. The van der Waals surface area contributed by atoms with Crippen LogP contribution in [0.5, 0.6) is 5.75 Å². The first-order chi connectivity index (χ1) is 6.65. The molecule has 0 saturated carbocycles. The summed E-state index contributed by atoms with van der Waals surface area (Å²) < 4.78 is 0. The Bertz CT molecular complexity index is 339. The van der Waals surface area contributed by atoms with Crippen LogP contribution in [0.4, 0.5) is 0 Å². The maximum Gasteiger partial charge on any atom is 0.251 e. The monoisotopic (exact) mass is 257 g/mol. The van der Waals surface area contributed by atoms with Crippen molar-refractivity contribution in [1.82, 2.24) is 5.32 Å². The Labute approximate surface area is 91.3 Å². The third-order valence-electron chi connectivity index (χ3n) is 1.85. The second kappa shape index (κ2) is 5.00. The van der Waals surface area contributed by atoms with Gasteiger partial charge in [0.15, 0.2) is 0 Å². The van der Waals surface area contributed by atoms with E-state index >= 15 is 0 Å². The molecule has 4 heteroatoms. The van der Waals surface area contributed by atoms with Crippen LogP contribution in [0.1, 0.15) is 15.9 Å². The molecular formula is C10H12BrNO2. The van der Waals surface area contributed by atoms with Gasteiger partial charge in [0, 0.05) is 17.4 Å². The Morgan fingerprint density at radius 3 is 2.86 bits per heavy atom. The molecule has 0 fully saturated rings. The quantitative estimate of drug-likeness (QED) is 0.812. The number of aryl methyl sites for hydroxylation is 1. The largest absolute Gasteiger partial charge is 0.508 e. The summed E-state index contributed by atoms with van der Waals surface area (Å²) in [6.07, 6.45) is 0. The zero-order valence-corrected chi connectivity index (χ0v) is 9.47. The summed E-state index contributed by atoms with van der Waals surface area (Å²) in [4.78, 5) is 11.4. The molecule has 0 aromatic heterocycles. The Hall–Kier alpha value is -1.03. The van der Waals surface area contributed by atoms with Crippen molar-refractivity contribution in [3.63, 3.8) is 0 Å². The Morgan fingerprint density at radius 1 is 1.57 bits per heavy atom. The molecule has 2 N–H and O–H groups in total. The number of carbonyl (C=O) groups excluding carboxylic acids is 1. The first-order valence-corrected chi connectivity index (χ1v) is 5.41. The maximum absolute atomic E-state index is 11.4. The topological polar surface area (TPSA) is 49.3 Å². The summed E-state index contributed by atoms with van der Waals surface area (Å²) in [7, 11) is 0. The SMILES string of the molecule is Cc1ccc(C(=O)NCCBr)cc1O. The molecule has 76 valence electrons. The molecule has 0 spiro atoms. The molecule has 1 amide bonds. The van der Waals surface area contributed by atoms with Crippen LogP contribution in [0.3, 0.4) is 0 Å². The summed E-state index contributed by atoms with van der Waals surface area (Å²) in [6, 6.07) is 4.88. The van der Waals surface area contributed by atoms with Gasteiger partial charge in [-0.3, -0.25) is 4.79 Å². The van der Waals surface area contributed by atoms with E-state index in [-0.39, 0.29) is 11.7 Å². The van der Waals surface area contributed by atoms with Crippen molar-refractivity contribution in [2.24, 2.45) is 0 Å². The average Bonchev–Trinajstić information content (AvgIpc) is 2.18. The van der Waals surface area contributed by atoms with E-state index in [4.69, 9.17) is 0 Å².